The molecule has 1 amide bonds. The van der Waals surface area contributed by atoms with E-state index in [1.807, 2.05) is 0 Å². The topological polar surface area (TPSA) is 79.4 Å². The zero-order chi connectivity index (χ0) is 19.5. The van der Waals surface area contributed by atoms with Crippen molar-refractivity contribution in [2.75, 3.05) is 13.1 Å². The molecule has 0 aliphatic carbocycles. The highest BCUT2D eigenvalue weighted by molar-refractivity contribution is 7.89. The lowest BCUT2D eigenvalue weighted by atomic mass is 9.93. The molecule has 9 heteroatoms. The van der Waals surface area contributed by atoms with Crippen LogP contribution in [0.25, 0.3) is 0 Å². The summed E-state index contributed by atoms with van der Waals surface area (Å²) in [5.41, 5.74) is -1.35. The van der Waals surface area contributed by atoms with Gasteiger partial charge in [-0.05, 0) is 35.9 Å². The number of carbonyl (C=O) groups excluding carboxylic acids is 1. The third-order valence-electron chi connectivity index (χ3n) is 4.56. The van der Waals surface area contributed by atoms with Gasteiger partial charge in [-0.1, -0.05) is 6.07 Å². The van der Waals surface area contributed by atoms with E-state index >= 15 is 0 Å². The summed E-state index contributed by atoms with van der Waals surface area (Å²) in [4.78, 5) is 15.9. The molecule has 6 nitrogen and oxygen atoms in total. The molecule has 1 fully saturated rings. The highest BCUT2D eigenvalue weighted by atomic mass is 32.2. The fraction of sp³-hybridized carbons (Fsp3) is 0.333. The number of carbonyl (C=O) groups is 1. The lowest BCUT2D eigenvalue weighted by Crippen LogP contribution is -2.52. The van der Waals surface area contributed by atoms with Gasteiger partial charge in [0.1, 0.15) is 5.82 Å². The number of aromatic nitrogens is 1. The number of hydrogen-bond donors (Lipinski definition) is 1. The lowest BCUT2D eigenvalue weighted by molar-refractivity contribution is -0.135. The maximum Gasteiger partial charge on any atom is 0.258 e. The Morgan fingerprint density at radius 3 is 2.48 bits per heavy atom. The molecule has 144 valence electrons. The van der Waals surface area contributed by atoms with E-state index < -0.39 is 27.4 Å². The molecule has 0 spiro atoms. The van der Waals surface area contributed by atoms with Crippen LogP contribution in [0.2, 0.25) is 0 Å². The van der Waals surface area contributed by atoms with Gasteiger partial charge < -0.3 is 5.32 Å². The number of pyridine rings is 1. The maximum absolute atomic E-state index is 15.0. The molecule has 0 bridgehead atoms. The molecule has 1 N–H and O–H groups in total. The Balaban J connectivity index is 1.62. The standard InChI is InChI=1S/C18H19F2N3O3S/c19-15-2-1-3-16(12-15)27(25,26)23-10-6-18(20,7-11-23)17(24)22-13-14-4-8-21-9-5-14/h1-5,8-9,12H,6-7,10-11,13H2,(H,22,24). The molecule has 0 saturated carbocycles. The van der Waals surface area contributed by atoms with Gasteiger partial charge in [0, 0.05) is 44.9 Å². The predicted molar refractivity (Wildman–Crippen MR) is 94.3 cm³/mol. The second-order valence-corrected chi connectivity index (χ2v) is 8.30. The molecule has 2 aromatic rings. The summed E-state index contributed by atoms with van der Waals surface area (Å²) in [6, 6.07) is 8.08. The monoisotopic (exact) mass is 395 g/mol. The first-order valence-corrected chi connectivity index (χ1v) is 9.87. The number of rotatable bonds is 5. The number of sulfonamides is 1. The molecule has 2 heterocycles. The van der Waals surface area contributed by atoms with Crippen molar-refractivity contribution in [1.82, 2.24) is 14.6 Å². The average molecular weight is 395 g/mol. The zero-order valence-electron chi connectivity index (χ0n) is 14.4. The Kier molecular flexibility index (Phi) is 5.52. The number of hydrogen-bond acceptors (Lipinski definition) is 4. The fourth-order valence-electron chi connectivity index (χ4n) is 2.93. The van der Waals surface area contributed by atoms with E-state index in [2.05, 4.69) is 10.3 Å². The van der Waals surface area contributed by atoms with Crippen LogP contribution in [-0.4, -0.2) is 42.4 Å². The number of nitrogens with zero attached hydrogens (tertiary/aromatic N) is 2. The van der Waals surface area contributed by atoms with Gasteiger partial charge in [-0.15, -0.1) is 0 Å². The molecule has 1 aliphatic heterocycles. The van der Waals surface area contributed by atoms with Crippen molar-refractivity contribution in [3.63, 3.8) is 0 Å². The van der Waals surface area contributed by atoms with Gasteiger partial charge in [0.25, 0.3) is 5.91 Å². The van der Waals surface area contributed by atoms with Gasteiger partial charge in [-0.3, -0.25) is 9.78 Å². The van der Waals surface area contributed by atoms with E-state index in [1.54, 1.807) is 24.5 Å². The molecular weight excluding hydrogens is 376 g/mol. The number of amides is 1. The SMILES string of the molecule is O=C(NCc1ccncc1)C1(F)CCN(S(=O)(=O)c2cccc(F)c2)CC1. The highest BCUT2D eigenvalue weighted by Crippen LogP contribution is 2.30. The van der Waals surface area contributed by atoms with Crippen LogP contribution in [0.1, 0.15) is 18.4 Å². The van der Waals surface area contributed by atoms with Crippen LogP contribution in [0.15, 0.2) is 53.7 Å². The lowest BCUT2D eigenvalue weighted by Gasteiger charge is -2.34. The Hall–Kier alpha value is -2.39. The second-order valence-electron chi connectivity index (χ2n) is 6.36. The molecule has 3 rings (SSSR count). The van der Waals surface area contributed by atoms with Crippen LogP contribution in [0.5, 0.6) is 0 Å². The van der Waals surface area contributed by atoms with E-state index in [1.165, 1.54) is 12.1 Å². The molecule has 0 unspecified atom stereocenters. The summed E-state index contributed by atoms with van der Waals surface area (Å²) in [5, 5.41) is 2.54. The van der Waals surface area contributed by atoms with Gasteiger partial charge in [-0.2, -0.15) is 4.31 Å². The van der Waals surface area contributed by atoms with Crippen molar-refractivity contribution in [1.29, 1.82) is 0 Å². The van der Waals surface area contributed by atoms with Gasteiger partial charge in [-0.25, -0.2) is 17.2 Å². The minimum atomic E-state index is -3.93. The Morgan fingerprint density at radius 1 is 1.19 bits per heavy atom. The Bertz CT molecular complexity index is 914. The van der Waals surface area contributed by atoms with Crippen molar-refractivity contribution in [3.05, 3.63) is 60.2 Å². The number of alkyl halides is 1. The second kappa shape index (κ2) is 7.69. The first kappa shape index (κ1) is 19.4. The third-order valence-corrected chi connectivity index (χ3v) is 6.45. The highest BCUT2D eigenvalue weighted by Gasteiger charge is 2.44. The first-order valence-electron chi connectivity index (χ1n) is 8.43. The van der Waals surface area contributed by atoms with Crippen LogP contribution < -0.4 is 5.32 Å². The Labute approximate surface area is 156 Å². The number of piperidine rings is 1. The summed E-state index contributed by atoms with van der Waals surface area (Å²) in [5.74, 6) is -1.43. The van der Waals surface area contributed by atoms with Gasteiger partial charge in [0.05, 0.1) is 4.90 Å². The number of nitrogens with one attached hydrogen (secondary N) is 1. The molecule has 0 atom stereocenters. The molecule has 1 aromatic carbocycles. The molecule has 0 radical (unpaired) electrons. The van der Waals surface area contributed by atoms with Crippen molar-refractivity contribution >= 4 is 15.9 Å². The molecule has 1 aromatic heterocycles. The predicted octanol–water partition coefficient (Wildman–Crippen LogP) is 2.03. The smallest absolute Gasteiger partial charge is 0.258 e. The molecule has 1 aliphatic rings. The first-order chi connectivity index (χ1) is 12.8. The Morgan fingerprint density at radius 2 is 1.85 bits per heavy atom. The fourth-order valence-corrected chi connectivity index (χ4v) is 4.40. The summed E-state index contributed by atoms with van der Waals surface area (Å²) >= 11 is 0. The summed E-state index contributed by atoms with van der Waals surface area (Å²) in [6.45, 7) is -0.144. The maximum atomic E-state index is 15.0. The van der Waals surface area contributed by atoms with Crippen LogP contribution in [-0.2, 0) is 21.4 Å². The van der Waals surface area contributed by atoms with E-state index in [9.17, 15) is 22.0 Å². The quantitative estimate of drug-likeness (QED) is 0.840. The van der Waals surface area contributed by atoms with E-state index in [0.717, 1.165) is 22.0 Å². The number of benzene rings is 1. The van der Waals surface area contributed by atoms with Crippen LogP contribution in [0.4, 0.5) is 8.78 Å². The van der Waals surface area contributed by atoms with Crippen molar-refractivity contribution < 1.29 is 22.0 Å². The van der Waals surface area contributed by atoms with Gasteiger partial charge >= 0.3 is 0 Å². The van der Waals surface area contributed by atoms with Crippen molar-refractivity contribution in [3.8, 4) is 0 Å². The van der Waals surface area contributed by atoms with Crippen molar-refractivity contribution in [2.24, 2.45) is 0 Å². The van der Waals surface area contributed by atoms with Crippen LogP contribution in [0, 0.1) is 5.82 Å². The average Bonchev–Trinajstić information content (AvgIpc) is 2.67. The van der Waals surface area contributed by atoms with Crippen LogP contribution >= 0.6 is 0 Å². The summed E-state index contributed by atoms with van der Waals surface area (Å²) in [6.07, 6.45) is 2.62. The van der Waals surface area contributed by atoms with E-state index in [4.69, 9.17) is 0 Å². The largest absolute Gasteiger partial charge is 0.349 e. The minimum absolute atomic E-state index is 0.155. The molecule has 1 saturated heterocycles. The molecule has 27 heavy (non-hydrogen) atoms. The summed E-state index contributed by atoms with van der Waals surface area (Å²) < 4.78 is 54.5. The van der Waals surface area contributed by atoms with Gasteiger partial charge in [0.15, 0.2) is 5.67 Å². The van der Waals surface area contributed by atoms with Crippen LogP contribution in [0.3, 0.4) is 0 Å². The van der Waals surface area contributed by atoms with E-state index in [0.29, 0.717) is 0 Å². The normalized spacial score (nSPS) is 17.4. The number of halogens is 2. The van der Waals surface area contributed by atoms with Crippen molar-refractivity contribution in [2.45, 2.75) is 30.0 Å². The zero-order valence-corrected chi connectivity index (χ0v) is 15.3. The summed E-state index contributed by atoms with van der Waals surface area (Å²) in [7, 11) is -3.93. The minimum Gasteiger partial charge on any atom is -0.349 e. The third kappa shape index (κ3) is 4.30. The molecular formula is C18H19F2N3O3S. The van der Waals surface area contributed by atoms with Gasteiger partial charge in [0.2, 0.25) is 10.0 Å². The van der Waals surface area contributed by atoms with E-state index in [-0.39, 0.29) is 37.4 Å².